The number of carbonyl (C=O) groups excluding carboxylic acids is 1. The van der Waals surface area contributed by atoms with E-state index in [4.69, 9.17) is 10.5 Å². The third kappa shape index (κ3) is 4.50. The summed E-state index contributed by atoms with van der Waals surface area (Å²) in [5.74, 6) is 1.39. The topological polar surface area (TPSA) is 65.2 Å². The van der Waals surface area contributed by atoms with Gasteiger partial charge in [0.25, 0.3) is 0 Å². The van der Waals surface area contributed by atoms with Crippen molar-refractivity contribution in [1.29, 1.82) is 0 Å². The lowest BCUT2D eigenvalue weighted by molar-refractivity contribution is -0.129. The Kier molecular flexibility index (Phi) is 6.04. The van der Waals surface area contributed by atoms with Gasteiger partial charge in [-0.1, -0.05) is 32.8 Å². The molecule has 25 heavy (non-hydrogen) atoms. The van der Waals surface area contributed by atoms with Gasteiger partial charge >= 0.3 is 0 Å². The Morgan fingerprint density at radius 1 is 1.28 bits per heavy atom. The molecule has 0 radical (unpaired) electrons. The lowest BCUT2D eigenvalue weighted by atomic mass is 9.82. The summed E-state index contributed by atoms with van der Waals surface area (Å²) in [4.78, 5) is 17.2. The van der Waals surface area contributed by atoms with Gasteiger partial charge in [0.2, 0.25) is 0 Å². The highest BCUT2D eigenvalue weighted by molar-refractivity contribution is 5.95. The van der Waals surface area contributed by atoms with Gasteiger partial charge < -0.3 is 10.5 Å². The number of pyridine rings is 1. The molecule has 1 aromatic carbocycles. The van der Waals surface area contributed by atoms with Crippen LogP contribution < -0.4 is 10.5 Å². The van der Waals surface area contributed by atoms with Crippen LogP contribution in [0, 0.1) is 18.3 Å². The molecule has 0 spiro atoms. The molecule has 0 saturated carbocycles. The molecular weight excluding hydrogens is 312 g/mol. The first-order valence-electron chi connectivity index (χ1n) is 9.10. The minimum Gasteiger partial charge on any atom is -0.492 e. The number of nitrogen functional groups attached to an aromatic ring is 1. The van der Waals surface area contributed by atoms with Crippen LogP contribution in [0.25, 0.3) is 10.9 Å². The summed E-state index contributed by atoms with van der Waals surface area (Å²) in [5.41, 5.74) is 7.99. The van der Waals surface area contributed by atoms with Crippen molar-refractivity contribution in [2.45, 2.75) is 53.9 Å². The van der Waals surface area contributed by atoms with Gasteiger partial charge in [-0.15, -0.1) is 0 Å². The second kappa shape index (κ2) is 7.85. The number of benzene rings is 1. The number of anilines is 1. The van der Waals surface area contributed by atoms with Gasteiger partial charge in [0.05, 0.1) is 16.3 Å². The quantitative estimate of drug-likeness (QED) is 0.739. The highest BCUT2D eigenvalue weighted by Gasteiger charge is 2.30. The van der Waals surface area contributed by atoms with Crippen LogP contribution in [0.1, 0.15) is 52.7 Å². The molecular formula is C21H30N2O2. The zero-order valence-corrected chi connectivity index (χ0v) is 16.1. The van der Waals surface area contributed by atoms with E-state index < -0.39 is 5.41 Å². The van der Waals surface area contributed by atoms with Crippen molar-refractivity contribution >= 4 is 22.4 Å². The highest BCUT2D eigenvalue weighted by Crippen LogP contribution is 2.32. The van der Waals surface area contributed by atoms with Gasteiger partial charge in [-0.2, -0.15) is 0 Å². The number of fused-ring (bicyclic) bond motifs is 1. The summed E-state index contributed by atoms with van der Waals surface area (Å²) in [6.45, 7) is 10.4. The van der Waals surface area contributed by atoms with E-state index in [1.807, 2.05) is 45.0 Å². The van der Waals surface area contributed by atoms with Gasteiger partial charge in [-0.25, -0.2) is 0 Å². The number of nitrogens with two attached hydrogens (primary N) is 1. The molecule has 2 aromatic rings. The van der Waals surface area contributed by atoms with Crippen LogP contribution in [0.4, 0.5) is 5.69 Å². The lowest BCUT2D eigenvalue weighted by Crippen LogP contribution is -2.32. The fourth-order valence-electron chi connectivity index (χ4n) is 3.00. The second-order valence-electron chi connectivity index (χ2n) is 7.49. The lowest BCUT2D eigenvalue weighted by Gasteiger charge is -2.26. The summed E-state index contributed by atoms with van der Waals surface area (Å²) in [5, 5.41) is 0.816. The van der Waals surface area contributed by atoms with Crippen molar-refractivity contribution in [2.24, 2.45) is 11.3 Å². The van der Waals surface area contributed by atoms with Crippen molar-refractivity contribution in [1.82, 2.24) is 4.98 Å². The number of rotatable bonds is 8. The Morgan fingerprint density at radius 2 is 1.96 bits per heavy atom. The maximum Gasteiger partial charge on any atom is 0.142 e. The minimum atomic E-state index is -0.530. The van der Waals surface area contributed by atoms with Gasteiger partial charge in [0.15, 0.2) is 0 Å². The van der Waals surface area contributed by atoms with Crippen LogP contribution in [0.5, 0.6) is 5.75 Å². The van der Waals surface area contributed by atoms with E-state index in [9.17, 15) is 4.79 Å². The molecule has 0 atom stereocenters. The van der Waals surface area contributed by atoms with E-state index in [0.29, 0.717) is 30.4 Å². The fourth-order valence-corrected chi connectivity index (χ4v) is 3.00. The SMILES string of the molecule is CCC(CC)CC(=O)C(C)(C)COc1cccc2nc(C)cc(N)c12. The van der Waals surface area contributed by atoms with Gasteiger partial charge in [-0.3, -0.25) is 9.78 Å². The zero-order valence-electron chi connectivity index (χ0n) is 16.1. The molecule has 2 rings (SSSR count). The van der Waals surface area contributed by atoms with Crippen molar-refractivity contribution < 1.29 is 9.53 Å². The van der Waals surface area contributed by atoms with Crippen molar-refractivity contribution in [3.8, 4) is 5.75 Å². The number of hydrogen-bond donors (Lipinski definition) is 1. The number of nitrogens with zero attached hydrogens (tertiary/aromatic N) is 1. The van der Waals surface area contributed by atoms with E-state index in [1.54, 1.807) is 0 Å². The average molecular weight is 342 g/mol. The van der Waals surface area contributed by atoms with Crippen LogP contribution in [0.3, 0.4) is 0 Å². The van der Waals surface area contributed by atoms with Crippen molar-refractivity contribution in [3.05, 3.63) is 30.0 Å². The van der Waals surface area contributed by atoms with E-state index >= 15 is 0 Å². The monoisotopic (exact) mass is 342 g/mol. The third-order valence-electron chi connectivity index (χ3n) is 4.93. The molecule has 0 aliphatic heterocycles. The number of Topliss-reactive ketones (excluding diaryl/α,β-unsaturated/α-hetero) is 1. The molecule has 1 aromatic heterocycles. The van der Waals surface area contributed by atoms with Crippen LogP contribution >= 0.6 is 0 Å². The summed E-state index contributed by atoms with van der Waals surface area (Å²) < 4.78 is 6.03. The number of ether oxygens (including phenoxy) is 1. The zero-order chi connectivity index (χ0) is 18.6. The first-order valence-corrected chi connectivity index (χ1v) is 9.10. The van der Waals surface area contributed by atoms with Crippen LogP contribution in [-0.4, -0.2) is 17.4 Å². The molecule has 1 heterocycles. The Bertz CT molecular complexity index is 749. The Hall–Kier alpha value is -2.10. The van der Waals surface area contributed by atoms with Crippen molar-refractivity contribution in [3.63, 3.8) is 0 Å². The van der Waals surface area contributed by atoms with E-state index in [2.05, 4.69) is 18.8 Å². The molecule has 0 fully saturated rings. The third-order valence-corrected chi connectivity index (χ3v) is 4.93. The summed E-state index contributed by atoms with van der Waals surface area (Å²) in [6.07, 6.45) is 2.68. The average Bonchev–Trinajstić information content (AvgIpc) is 2.57. The molecule has 136 valence electrons. The number of ketones is 1. The van der Waals surface area contributed by atoms with E-state index in [-0.39, 0.29) is 5.78 Å². The largest absolute Gasteiger partial charge is 0.492 e. The Labute approximate surface area is 150 Å². The van der Waals surface area contributed by atoms with Gasteiger partial charge in [0, 0.05) is 17.8 Å². The predicted molar refractivity (Wildman–Crippen MR) is 104 cm³/mol. The fraction of sp³-hybridized carbons (Fsp3) is 0.524. The number of aryl methyl sites for hydroxylation is 1. The Morgan fingerprint density at radius 3 is 2.60 bits per heavy atom. The van der Waals surface area contributed by atoms with Crippen LogP contribution in [-0.2, 0) is 4.79 Å². The van der Waals surface area contributed by atoms with E-state index in [1.165, 1.54) is 0 Å². The van der Waals surface area contributed by atoms with Gasteiger partial charge in [-0.05, 0) is 44.9 Å². The molecule has 0 bridgehead atoms. The van der Waals surface area contributed by atoms with Crippen LogP contribution in [0.2, 0.25) is 0 Å². The predicted octanol–water partition coefficient (Wildman–Crippen LogP) is 4.93. The summed E-state index contributed by atoms with van der Waals surface area (Å²) in [6, 6.07) is 7.56. The maximum atomic E-state index is 12.7. The number of aromatic nitrogens is 1. The van der Waals surface area contributed by atoms with Crippen LogP contribution in [0.15, 0.2) is 24.3 Å². The molecule has 0 aliphatic rings. The Balaban J connectivity index is 2.17. The summed E-state index contributed by atoms with van der Waals surface area (Å²) >= 11 is 0. The van der Waals surface area contributed by atoms with Crippen molar-refractivity contribution in [2.75, 3.05) is 12.3 Å². The highest BCUT2D eigenvalue weighted by atomic mass is 16.5. The molecule has 2 N–H and O–H groups in total. The smallest absolute Gasteiger partial charge is 0.142 e. The maximum absolute atomic E-state index is 12.7. The molecule has 0 amide bonds. The second-order valence-corrected chi connectivity index (χ2v) is 7.49. The molecule has 0 saturated heterocycles. The number of hydrogen-bond acceptors (Lipinski definition) is 4. The molecule has 0 unspecified atom stereocenters. The molecule has 4 heteroatoms. The molecule has 0 aliphatic carbocycles. The first-order chi connectivity index (χ1) is 11.8. The number of carbonyl (C=O) groups is 1. The molecule has 4 nitrogen and oxygen atoms in total. The van der Waals surface area contributed by atoms with Gasteiger partial charge in [0.1, 0.15) is 18.1 Å². The minimum absolute atomic E-state index is 0.253. The first kappa shape index (κ1) is 19.2. The van der Waals surface area contributed by atoms with E-state index in [0.717, 1.165) is 29.4 Å². The normalized spacial score (nSPS) is 11.9. The standard InChI is InChI=1S/C21H30N2O2/c1-6-15(7-2)12-19(24)21(4,5)13-25-18-10-8-9-17-20(18)16(22)11-14(3)23-17/h8-11,15H,6-7,12-13H2,1-5H3,(H2,22,23). The summed E-state index contributed by atoms with van der Waals surface area (Å²) in [7, 11) is 0.